The molecule has 1 aliphatic rings. The zero-order chi connectivity index (χ0) is 15.5. The number of hydrogen-bond acceptors (Lipinski definition) is 3. The zero-order valence-corrected chi connectivity index (χ0v) is 13.0. The van der Waals surface area contributed by atoms with Crippen molar-refractivity contribution in [1.29, 1.82) is 0 Å². The molecule has 4 nitrogen and oxygen atoms in total. The third-order valence-corrected chi connectivity index (χ3v) is 3.98. The highest BCUT2D eigenvalue weighted by Crippen LogP contribution is 2.30. The second-order valence-corrected chi connectivity index (χ2v) is 5.65. The molecule has 22 heavy (non-hydrogen) atoms. The largest absolute Gasteiger partial charge is 0.486 e. The summed E-state index contributed by atoms with van der Waals surface area (Å²) in [5.74, 6) is 1.16. The molecule has 2 aromatic rings. The van der Waals surface area contributed by atoms with E-state index in [-0.39, 0.29) is 12.0 Å². The lowest BCUT2D eigenvalue weighted by atomic mass is 10.2. The highest BCUT2D eigenvalue weighted by molar-refractivity contribution is 6.42. The van der Waals surface area contributed by atoms with E-state index in [2.05, 4.69) is 5.32 Å². The van der Waals surface area contributed by atoms with Crippen molar-refractivity contribution in [2.75, 3.05) is 13.2 Å². The standard InChI is InChI=1S/C16H13Cl2NO3/c17-12-6-5-10(7-13(12)18)16(20)19-8-11-9-21-14-3-1-2-4-15(14)22-11/h1-7,11H,8-9H2,(H,19,20). The van der Waals surface area contributed by atoms with E-state index in [1.807, 2.05) is 24.3 Å². The number of ether oxygens (including phenoxy) is 2. The molecule has 1 amide bonds. The van der Waals surface area contributed by atoms with Gasteiger partial charge in [-0.25, -0.2) is 0 Å². The number of carbonyl (C=O) groups excluding carboxylic acids is 1. The molecule has 0 spiro atoms. The van der Waals surface area contributed by atoms with Crippen LogP contribution in [0.2, 0.25) is 10.0 Å². The van der Waals surface area contributed by atoms with Crippen LogP contribution in [0.25, 0.3) is 0 Å². The summed E-state index contributed by atoms with van der Waals surface area (Å²) in [4.78, 5) is 12.1. The van der Waals surface area contributed by atoms with E-state index in [0.29, 0.717) is 34.5 Å². The molecule has 0 saturated carbocycles. The van der Waals surface area contributed by atoms with Crippen LogP contribution in [0.1, 0.15) is 10.4 Å². The summed E-state index contributed by atoms with van der Waals surface area (Å²) in [6.45, 7) is 0.728. The summed E-state index contributed by atoms with van der Waals surface area (Å²) >= 11 is 11.7. The Morgan fingerprint density at radius 2 is 1.91 bits per heavy atom. The Kier molecular flexibility index (Phi) is 4.41. The molecule has 6 heteroatoms. The van der Waals surface area contributed by atoms with Crippen LogP contribution in [0, 0.1) is 0 Å². The maximum absolute atomic E-state index is 12.1. The fraction of sp³-hybridized carbons (Fsp3) is 0.188. The lowest BCUT2D eigenvalue weighted by molar-refractivity contribution is 0.0789. The van der Waals surface area contributed by atoms with Gasteiger partial charge in [-0.15, -0.1) is 0 Å². The predicted molar refractivity (Wildman–Crippen MR) is 85.1 cm³/mol. The number of hydrogen-bond donors (Lipinski definition) is 1. The van der Waals surface area contributed by atoms with Gasteiger partial charge in [0.05, 0.1) is 16.6 Å². The predicted octanol–water partition coefficient (Wildman–Crippen LogP) is 3.56. The van der Waals surface area contributed by atoms with Gasteiger partial charge in [0.25, 0.3) is 5.91 Å². The smallest absolute Gasteiger partial charge is 0.251 e. The molecule has 1 N–H and O–H groups in total. The van der Waals surface area contributed by atoms with Crippen molar-refractivity contribution in [3.63, 3.8) is 0 Å². The highest BCUT2D eigenvalue weighted by Gasteiger charge is 2.21. The van der Waals surface area contributed by atoms with Gasteiger partial charge in [0, 0.05) is 5.56 Å². The maximum Gasteiger partial charge on any atom is 0.251 e. The summed E-state index contributed by atoms with van der Waals surface area (Å²) in [6.07, 6.45) is -0.235. The average Bonchev–Trinajstić information content (AvgIpc) is 2.55. The molecule has 0 bridgehead atoms. The minimum atomic E-state index is -0.235. The average molecular weight is 338 g/mol. The Morgan fingerprint density at radius 1 is 1.14 bits per heavy atom. The summed E-state index contributed by atoms with van der Waals surface area (Å²) in [5, 5.41) is 3.56. The second kappa shape index (κ2) is 6.46. The number of nitrogens with one attached hydrogen (secondary N) is 1. The van der Waals surface area contributed by atoms with E-state index in [4.69, 9.17) is 32.7 Å². The topological polar surface area (TPSA) is 47.6 Å². The first kappa shape index (κ1) is 15.0. The first-order valence-electron chi connectivity index (χ1n) is 6.75. The monoisotopic (exact) mass is 337 g/mol. The fourth-order valence-electron chi connectivity index (χ4n) is 2.11. The number of halogens is 2. The summed E-state index contributed by atoms with van der Waals surface area (Å²) < 4.78 is 11.4. The van der Waals surface area contributed by atoms with Crippen LogP contribution in [0.5, 0.6) is 11.5 Å². The molecule has 1 unspecified atom stereocenters. The SMILES string of the molecule is O=C(NCC1COc2ccccc2O1)c1ccc(Cl)c(Cl)c1. The van der Waals surface area contributed by atoms with Crippen molar-refractivity contribution in [3.05, 3.63) is 58.1 Å². The number of amides is 1. The van der Waals surface area contributed by atoms with Crippen molar-refractivity contribution >= 4 is 29.1 Å². The second-order valence-electron chi connectivity index (χ2n) is 4.84. The van der Waals surface area contributed by atoms with Gasteiger partial charge in [0.15, 0.2) is 11.5 Å². The maximum atomic E-state index is 12.1. The summed E-state index contributed by atoms with van der Waals surface area (Å²) in [7, 11) is 0. The molecule has 1 heterocycles. The zero-order valence-electron chi connectivity index (χ0n) is 11.5. The summed E-state index contributed by atoms with van der Waals surface area (Å²) in [6, 6.07) is 12.2. The van der Waals surface area contributed by atoms with E-state index in [9.17, 15) is 4.79 Å². The number of para-hydroxylation sites is 2. The van der Waals surface area contributed by atoms with Crippen LogP contribution >= 0.6 is 23.2 Å². The molecule has 0 fully saturated rings. The molecular formula is C16H13Cl2NO3. The Morgan fingerprint density at radius 3 is 2.68 bits per heavy atom. The number of benzene rings is 2. The van der Waals surface area contributed by atoms with Crippen LogP contribution in [0.3, 0.4) is 0 Å². The first-order valence-corrected chi connectivity index (χ1v) is 7.51. The van der Waals surface area contributed by atoms with E-state index in [0.717, 1.165) is 5.75 Å². The quantitative estimate of drug-likeness (QED) is 0.931. The van der Waals surface area contributed by atoms with Crippen LogP contribution in [0.4, 0.5) is 0 Å². The molecule has 114 valence electrons. The van der Waals surface area contributed by atoms with Crippen LogP contribution in [-0.2, 0) is 0 Å². The molecule has 0 saturated heterocycles. The minimum absolute atomic E-state index is 0.235. The number of carbonyl (C=O) groups is 1. The third kappa shape index (κ3) is 3.29. The third-order valence-electron chi connectivity index (χ3n) is 3.24. The molecule has 0 aliphatic carbocycles. The Bertz CT molecular complexity index is 706. The van der Waals surface area contributed by atoms with Gasteiger partial charge in [-0.3, -0.25) is 4.79 Å². The Labute approximate surface area is 137 Å². The van der Waals surface area contributed by atoms with Gasteiger partial charge < -0.3 is 14.8 Å². The van der Waals surface area contributed by atoms with Crippen molar-refractivity contribution < 1.29 is 14.3 Å². The van der Waals surface area contributed by atoms with Crippen LogP contribution in [-0.4, -0.2) is 25.2 Å². The molecule has 1 aliphatic heterocycles. The van der Waals surface area contributed by atoms with Crippen LogP contribution < -0.4 is 14.8 Å². The lowest BCUT2D eigenvalue weighted by Crippen LogP contribution is -2.40. The first-order chi connectivity index (χ1) is 10.6. The molecule has 1 atom stereocenters. The van der Waals surface area contributed by atoms with Crippen molar-refractivity contribution in [3.8, 4) is 11.5 Å². The van der Waals surface area contributed by atoms with Gasteiger partial charge in [-0.2, -0.15) is 0 Å². The van der Waals surface area contributed by atoms with Gasteiger partial charge in [0.2, 0.25) is 0 Å². The van der Waals surface area contributed by atoms with E-state index < -0.39 is 0 Å². The van der Waals surface area contributed by atoms with E-state index in [1.54, 1.807) is 12.1 Å². The van der Waals surface area contributed by atoms with E-state index >= 15 is 0 Å². The number of rotatable bonds is 3. The van der Waals surface area contributed by atoms with Crippen molar-refractivity contribution in [2.24, 2.45) is 0 Å². The van der Waals surface area contributed by atoms with Gasteiger partial charge in [0.1, 0.15) is 12.7 Å². The lowest BCUT2D eigenvalue weighted by Gasteiger charge is -2.26. The van der Waals surface area contributed by atoms with Crippen LogP contribution in [0.15, 0.2) is 42.5 Å². The molecule has 2 aromatic carbocycles. The van der Waals surface area contributed by atoms with Gasteiger partial charge in [-0.05, 0) is 30.3 Å². The summed E-state index contributed by atoms with van der Waals surface area (Å²) in [5.41, 5.74) is 0.450. The highest BCUT2D eigenvalue weighted by atomic mass is 35.5. The van der Waals surface area contributed by atoms with Gasteiger partial charge in [-0.1, -0.05) is 35.3 Å². The molecule has 3 rings (SSSR count). The van der Waals surface area contributed by atoms with Crippen molar-refractivity contribution in [2.45, 2.75) is 6.10 Å². The normalized spacial score (nSPS) is 16.2. The molecule has 0 radical (unpaired) electrons. The van der Waals surface area contributed by atoms with E-state index in [1.165, 1.54) is 6.07 Å². The minimum Gasteiger partial charge on any atom is -0.486 e. The van der Waals surface area contributed by atoms with Gasteiger partial charge >= 0.3 is 0 Å². The number of fused-ring (bicyclic) bond motifs is 1. The Hall–Kier alpha value is -1.91. The molecule has 0 aromatic heterocycles. The molecular weight excluding hydrogens is 325 g/mol. The van der Waals surface area contributed by atoms with Crippen molar-refractivity contribution in [1.82, 2.24) is 5.32 Å². The fourth-order valence-corrected chi connectivity index (χ4v) is 2.41. The Balaban J connectivity index is 1.59.